The molecule has 0 saturated carbocycles. The van der Waals surface area contributed by atoms with Gasteiger partial charge in [-0.3, -0.25) is 0 Å². The minimum atomic E-state index is -4.06. The maximum absolute atomic E-state index is 12.1. The lowest BCUT2D eigenvalue weighted by Crippen LogP contribution is -2.41. The zero-order valence-electron chi connectivity index (χ0n) is 11.4. The Kier molecular flexibility index (Phi) is 7.09. The molecule has 0 aromatic heterocycles. The summed E-state index contributed by atoms with van der Waals surface area (Å²) in [6, 6.07) is 0.550. The zero-order chi connectivity index (χ0) is 13.6. The van der Waals surface area contributed by atoms with Gasteiger partial charge in [0.15, 0.2) is 0 Å². The first-order chi connectivity index (χ1) is 7.63. The third kappa shape index (κ3) is 8.44. The predicted octanol–water partition coefficient (Wildman–Crippen LogP) is 2.89. The zero-order valence-corrected chi connectivity index (χ0v) is 11.4. The van der Waals surface area contributed by atoms with Crippen LogP contribution in [0.5, 0.6) is 0 Å². The molecule has 2 unspecified atom stereocenters. The van der Waals surface area contributed by atoms with Crippen molar-refractivity contribution in [2.24, 2.45) is 5.92 Å². The van der Waals surface area contributed by atoms with Gasteiger partial charge in [-0.1, -0.05) is 20.8 Å². The highest BCUT2D eigenvalue weighted by atomic mass is 19.4. The van der Waals surface area contributed by atoms with Crippen LogP contribution in [0.2, 0.25) is 0 Å². The molecular weight excluding hydrogens is 229 g/mol. The Morgan fingerprint density at radius 2 is 1.65 bits per heavy atom. The fraction of sp³-hybridized carbons (Fsp3) is 1.00. The van der Waals surface area contributed by atoms with Crippen molar-refractivity contribution in [1.29, 1.82) is 0 Å². The van der Waals surface area contributed by atoms with Crippen molar-refractivity contribution in [3.8, 4) is 0 Å². The third-order valence-corrected chi connectivity index (χ3v) is 3.11. The Balaban J connectivity index is 3.98. The van der Waals surface area contributed by atoms with E-state index >= 15 is 0 Å². The van der Waals surface area contributed by atoms with Gasteiger partial charge in [-0.25, -0.2) is 0 Å². The van der Waals surface area contributed by atoms with Crippen molar-refractivity contribution < 1.29 is 13.2 Å². The highest BCUT2D eigenvalue weighted by Crippen LogP contribution is 2.20. The molecule has 0 heterocycles. The molecule has 5 heteroatoms. The summed E-state index contributed by atoms with van der Waals surface area (Å²) in [6.07, 6.45) is -4.80. The van der Waals surface area contributed by atoms with Crippen molar-refractivity contribution in [2.75, 3.05) is 20.1 Å². The molecule has 0 aliphatic heterocycles. The van der Waals surface area contributed by atoms with E-state index in [0.717, 1.165) is 6.54 Å². The summed E-state index contributed by atoms with van der Waals surface area (Å²) in [4.78, 5) is 1.78. The first-order valence-corrected chi connectivity index (χ1v) is 6.14. The van der Waals surface area contributed by atoms with Gasteiger partial charge in [-0.2, -0.15) is 13.2 Å². The summed E-state index contributed by atoms with van der Waals surface area (Å²) in [5.41, 5.74) is 0. The van der Waals surface area contributed by atoms with Crippen LogP contribution in [0.4, 0.5) is 13.2 Å². The van der Waals surface area contributed by atoms with Crippen molar-refractivity contribution in [3.63, 3.8) is 0 Å². The second-order valence-corrected chi connectivity index (χ2v) is 5.13. The van der Waals surface area contributed by atoms with E-state index in [2.05, 4.69) is 26.1 Å². The van der Waals surface area contributed by atoms with Crippen LogP contribution >= 0.6 is 0 Å². The van der Waals surface area contributed by atoms with E-state index in [-0.39, 0.29) is 12.6 Å². The van der Waals surface area contributed by atoms with Crippen molar-refractivity contribution in [1.82, 2.24) is 10.2 Å². The van der Waals surface area contributed by atoms with Crippen molar-refractivity contribution >= 4 is 0 Å². The first kappa shape index (κ1) is 16.7. The average molecular weight is 254 g/mol. The lowest BCUT2D eigenvalue weighted by atomic mass is 10.0. The van der Waals surface area contributed by atoms with Crippen LogP contribution in [0.15, 0.2) is 0 Å². The molecule has 104 valence electrons. The quantitative estimate of drug-likeness (QED) is 0.751. The van der Waals surface area contributed by atoms with Gasteiger partial charge in [0.1, 0.15) is 0 Å². The molecule has 0 fully saturated rings. The summed E-state index contributed by atoms with van der Waals surface area (Å²) >= 11 is 0. The van der Waals surface area contributed by atoms with Crippen LogP contribution in [0, 0.1) is 5.92 Å². The molecule has 0 aliphatic carbocycles. The number of hydrogen-bond acceptors (Lipinski definition) is 2. The van der Waals surface area contributed by atoms with E-state index < -0.39 is 12.6 Å². The lowest BCUT2D eigenvalue weighted by molar-refractivity contribution is -0.138. The molecule has 0 saturated heterocycles. The van der Waals surface area contributed by atoms with Gasteiger partial charge in [-0.05, 0) is 26.4 Å². The van der Waals surface area contributed by atoms with E-state index in [4.69, 9.17) is 0 Å². The molecule has 0 spiro atoms. The largest absolute Gasteiger partial charge is 0.390 e. The van der Waals surface area contributed by atoms with Gasteiger partial charge in [-0.15, -0.1) is 0 Å². The molecule has 2 nitrogen and oxygen atoms in total. The van der Waals surface area contributed by atoms with Crippen LogP contribution < -0.4 is 5.32 Å². The van der Waals surface area contributed by atoms with Crippen LogP contribution in [0.1, 0.15) is 34.1 Å². The summed E-state index contributed by atoms with van der Waals surface area (Å²) in [5.74, 6) is 0.329. The normalized spacial score (nSPS) is 16.6. The number of hydrogen-bond donors (Lipinski definition) is 1. The molecule has 1 N–H and O–H groups in total. The van der Waals surface area contributed by atoms with Gasteiger partial charge in [0.2, 0.25) is 0 Å². The number of nitrogens with one attached hydrogen (secondary N) is 1. The summed E-state index contributed by atoms with van der Waals surface area (Å²) in [5, 5.41) is 3.30. The number of halogens is 3. The average Bonchev–Trinajstić information content (AvgIpc) is 2.20. The lowest BCUT2D eigenvalue weighted by Gasteiger charge is -2.30. The maximum Gasteiger partial charge on any atom is 0.390 e. The van der Waals surface area contributed by atoms with Gasteiger partial charge < -0.3 is 10.2 Å². The van der Waals surface area contributed by atoms with E-state index in [1.807, 2.05) is 6.92 Å². The number of nitrogens with zero attached hydrogens (tertiary/aromatic N) is 1. The van der Waals surface area contributed by atoms with E-state index in [1.54, 1.807) is 11.9 Å². The van der Waals surface area contributed by atoms with Gasteiger partial charge in [0.25, 0.3) is 0 Å². The summed E-state index contributed by atoms with van der Waals surface area (Å²) < 4.78 is 36.3. The van der Waals surface area contributed by atoms with Crippen LogP contribution in [-0.2, 0) is 0 Å². The van der Waals surface area contributed by atoms with Crippen molar-refractivity contribution in [2.45, 2.75) is 52.4 Å². The minimum Gasteiger partial charge on any atom is -0.314 e. The Morgan fingerprint density at radius 1 is 1.12 bits per heavy atom. The van der Waals surface area contributed by atoms with Crippen LogP contribution in [-0.4, -0.2) is 43.3 Å². The molecule has 17 heavy (non-hydrogen) atoms. The Labute approximate surface area is 103 Å². The van der Waals surface area contributed by atoms with Crippen molar-refractivity contribution in [3.05, 3.63) is 0 Å². The highest BCUT2D eigenvalue weighted by molar-refractivity contribution is 4.73. The molecule has 0 aliphatic rings. The summed E-state index contributed by atoms with van der Waals surface area (Å²) in [7, 11) is 1.75. The molecular formula is C12H25F3N2. The maximum atomic E-state index is 12.1. The standard InChI is InChI=1S/C12H25F3N2/c1-9(2)16-8-10(3)11(4)17(5)7-6-12(13,14)15/h9-11,16H,6-8H2,1-5H3. The topological polar surface area (TPSA) is 15.3 Å². The van der Waals surface area contributed by atoms with Gasteiger partial charge in [0, 0.05) is 18.6 Å². The molecule has 0 rings (SSSR count). The fourth-order valence-corrected chi connectivity index (χ4v) is 1.53. The summed E-state index contributed by atoms with van der Waals surface area (Å²) in [6.45, 7) is 9.05. The fourth-order valence-electron chi connectivity index (χ4n) is 1.53. The van der Waals surface area contributed by atoms with Gasteiger partial charge >= 0.3 is 6.18 Å². The van der Waals surface area contributed by atoms with E-state index in [0.29, 0.717) is 12.0 Å². The van der Waals surface area contributed by atoms with Gasteiger partial charge in [0.05, 0.1) is 6.42 Å². The Hall–Kier alpha value is -0.290. The number of alkyl halides is 3. The Morgan fingerprint density at radius 3 is 2.06 bits per heavy atom. The van der Waals surface area contributed by atoms with Crippen LogP contribution in [0.25, 0.3) is 0 Å². The number of rotatable bonds is 7. The van der Waals surface area contributed by atoms with E-state index in [9.17, 15) is 13.2 Å². The van der Waals surface area contributed by atoms with Crippen LogP contribution in [0.3, 0.4) is 0 Å². The molecule has 0 radical (unpaired) electrons. The first-order valence-electron chi connectivity index (χ1n) is 6.14. The second kappa shape index (κ2) is 7.21. The molecule has 0 bridgehead atoms. The smallest absolute Gasteiger partial charge is 0.314 e. The second-order valence-electron chi connectivity index (χ2n) is 5.13. The Bertz CT molecular complexity index is 204. The van der Waals surface area contributed by atoms with E-state index in [1.165, 1.54) is 0 Å². The minimum absolute atomic E-state index is 0.0662. The monoisotopic (exact) mass is 254 g/mol. The molecule has 0 aromatic carbocycles. The third-order valence-electron chi connectivity index (χ3n) is 3.11. The molecule has 0 aromatic rings. The predicted molar refractivity (Wildman–Crippen MR) is 65.1 cm³/mol. The molecule has 2 atom stereocenters. The highest BCUT2D eigenvalue weighted by Gasteiger charge is 2.28. The SMILES string of the molecule is CC(C)NCC(C)C(C)N(C)CCC(F)(F)F. The molecule has 0 amide bonds.